The van der Waals surface area contributed by atoms with Crippen LogP contribution >= 0.6 is 11.3 Å². The second kappa shape index (κ2) is 7.07. The fourth-order valence-corrected chi connectivity index (χ4v) is 3.15. The van der Waals surface area contributed by atoms with Crippen molar-refractivity contribution in [3.63, 3.8) is 0 Å². The summed E-state index contributed by atoms with van der Waals surface area (Å²) in [5.41, 5.74) is 3.77. The fourth-order valence-electron chi connectivity index (χ4n) is 2.42. The van der Waals surface area contributed by atoms with Gasteiger partial charge in [0.2, 0.25) is 5.69 Å². The molecule has 0 bridgehead atoms. The molecular formula is C20H17NOS. The zero-order chi connectivity index (χ0) is 16.1. The Balaban J connectivity index is 1.88. The maximum absolute atomic E-state index is 12.4. The Kier molecular flexibility index (Phi) is 4.69. The van der Waals surface area contributed by atoms with Gasteiger partial charge in [0.1, 0.15) is 0 Å². The normalized spacial score (nSPS) is 11.4. The average Bonchev–Trinajstić information content (AvgIpc) is 3.11. The van der Waals surface area contributed by atoms with Crippen LogP contribution in [-0.4, -0.2) is 11.0 Å². The predicted molar refractivity (Wildman–Crippen MR) is 98.6 cm³/mol. The molecule has 0 N–H and O–H groups in total. The van der Waals surface area contributed by atoms with Gasteiger partial charge in [0.15, 0.2) is 6.21 Å². The zero-order valence-electron chi connectivity index (χ0n) is 12.7. The standard InChI is InChI=1S/C20H17NOS/c1-2-6-16-7-3-4-8-18(16)15-21(22)19-12-10-17(11-13-19)20-9-5-14-23-20/h2-5,7-15H,1,6H2. The maximum atomic E-state index is 12.4. The first kappa shape index (κ1) is 15.3. The summed E-state index contributed by atoms with van der Waals surface area (Å²) >= 11 is 1.69. The summed E-state index contributed by atoms with van der Waals surface area (Å²) in [4.78, 5) is 1.20. The third-order valence-electron chi connectivity index (χ3n) is 3.60. The highest BCUT2D eigenvalue weighted by atomic mass is 32.1. The smallest absolute Gasteiger partial charge is 0.216 e. The number of hydrogen-bond donors (Lipinski definition) is 0. The number of hydrogen-bond acceptors (Lipinski definition) is 2. The molecule has 0 saturated heterocycles. The van der Waals surface area contributed by atoms with E-state index in [1.807, 2.05) is 66.1 Å². The van der Waals surface area contributed by atoms with E-state index >= 15 is 0 Å². The van der Waals surface area contributed by atoms with E-state index in [1.54, 1.807) is 17.6 Å². The van der Waals surface area contributed by atoms with E-state index in [0.29, 0.717) is 5.69 Å². The molecule has 0 atom stereocenters. The molecule has 0 amide bonds. The summed E-state index contributed by atoms with van der Waals surface area (Å²) in [5, 5.41) is 14.5. The fraction of sp³-hybridized carbons (Fsp3) is 0.0500. The second-order valence-corrected chi connectivity index (χ2v) is 6.12. The molecule has 2 aromatic carbocycles. The van der Waals surface area contributed by atoms with Crippen molar-refractivity contribution in [1.29, 1.82) is 0 Å². The summed E-state index contributed by atoms with van der Waals surface area (Å²) in [6.45, 7) is 3.76. The van der Waals surface area contributed by atoms with Gasteiger partial charge >= 0.3 is 0 Å². The van der Waals surface area contributed by atoms with Crippen LogP contribution < -0.4 is 0 Å². The van der Waals surface area contributed by atoms with Gasteiger partial charge in [0.25, 0.3) is 0 Å². The lowest BCUT2D eigenvalue weighted by atomic mass is 10.1. The zero-order valence-corrected chi connectivity index (χ0v) is 13.5. The first-order valence-electron chi connectivity index (χ1n) is 7.42. The predicted octanol–water partition coefficient (Wildman–Crippen LogP) is 5.40. The molecule has 114 valence electrons. The van der Waals surface area contributed by atoms with Crippen LogP contribution in [0.15, 0.2) is 78.7 Å². The molecular weight excluding hydrogens is 302 g/mol. The van der Waals surface area contributed by atoms with Crippen LogP contribution in [0.2, 0.25) is 0 Å². The quantitative estimate of drug-likeness (QED) is 0.203. The Morgan fingerprint density at radius 1 is 1.00 bits per heavy atom. The van der Waals surface area contributed by atoms with Crippen molar-refractivity contribution >= 4 is 23.2 Å². The Labute approximate surface area is 140 Å². The Hall–Kier alpha value is -2.65. The van der Waals surface area contributed by atoms with Crippen molar-refractivity contribution in [3.8, 4) is 10.4 Å². The Morgan fingerprint density at radius 3 is 2.48 bits per heavy atom. The van der Waals surface area contributed by atoms with Gasteiger partial charge in [-0.05, 0) is 47.2 Å². The molecule has 1 heterocycles. The highest BCUT2D eigenvalue weighted by Gasteiger charge is 2.06. The first-order valence-corrected chi connectivity index (χ1v) is 8.30. The van der Waals surface area contributed by atoms with Crippen LogP contribution in [-0.2, 0) is 6.42 Å². The van der Waals surface area contributed by atoms with Crippen molar-refractivity contribution in [1.82, 2.24) is 0 Å². The van der Waals surface area contributed by atoms with E-state index in [2.05, 4.69) is 12.6 Å². The minimum Gasteiger partial charge on any atom is -0.618 e. The van der Waals surface area contributed by atoms with E-state index in [0.717, 1.165) is 27.9 Å². The van der Waals surface area contributed by atoms with E-state index in [1.165, 1.54) is 4.88 Å². The van der Waals surface area contributed by atoms with Gasteiger partial charge in [-0.25, -0.2) is 0 Å². The highest BCUT2D eigenvalue weighted by Crippen LogP contribution is 2.26. The SMILES string of the molecule is C=CCc1ccccc1C=[N+]([O-])c1ccc(-c2cccs2)cc1. The summed E-state index contributed by atoms with van der Waals surface area (Å²) in [6.07, 6.45) is 4.22. The molecule has 2 nitrogen and oxygen atoms in total. The molecule has 3 aromatic rings. The lowest BCUT2D eigenvalue weighted by molar-refractivity contribution is -0.354. The van der Waals surface area contributed by atoms with Crippen LogP contribution in [0.4, 0.5) is 5.69 Å². The van der Waals surface area contributed by atoms with Gasteiger partial charge in [-0.15, -0.1) is 17.9 Å². The van der Waals surface area contributed by atoms with E-state index in [9.17, 15) is 5.21 Å². The van der Waals surface area contributed by atoms with Gasteiger partial charge in [-0.3, -0.25) is 0 Å². The summed E-state index contributed by atoms with van der Waals surface area (Å²) < 4.78 is 0.917. The number of benzene rings is 2. The summed E-state index contributed by atoms with van der Waals surface area (Å²) in [6, 6.07) is 19.6. The van der Waals surface area contributed by atoms with Crippen LogP contribution in [0.1, 0.15) is 11.1 Å². The molecule has 23 heavy (non-hydrogen) atoms. The molecule has 0 spiro atoms. The molecule has 0 aliphatic carbocycles. The van der Waals surface area contributed by atoms with Crippen molar-refractivity contribution in [3.05, 3.63) is 95.0 Å². The van der Waals surface area contributed by atoms with Gasteiger partial charge in [-0.2, -0.15) is 4.74 Å². The topological polar surface area (TPSA) is 26.1 Å². The van der Waals surface area contributed by atoms with Crippen LogP contribution in [0, 0.1) is 5.21 Å². The number of thiophene rings is 1. The Morgan fingerprint density at radius 2 is 1.78 bits per heavy atom. The van der Waals surface area contributed by atoms with Crippen molar-refractivity contribution < 1.29 is 4.74 Å². The van der Waals surface area contributed by atoms with Gasteiger partial charge in [0.05, 0.1) is 0 Å². The first-order chi connectivity index (χ1) is 11.3. The molecule has 3 heteroatoms. The molecule has 3 rings (SSSR count). The summed E-state index contributed by atoms with van der Waals surface area (Å²) in [7, 11) is 0. The molecule has 0 aliphatic rings. The lowest BCUT2D eigenvalue weighted by Crippen LogP contribution is -2.01. The van der Waals surface area contributed by atoms with Gasteiger partial charge < -0.3 is 5.21 Å². The van der Waals surface area contributed by atoms with E-state index in [4.69, 9.17) is 0 Å². The van der Waals surface area contributed by atoms with Gasteiger partial charge in [-0.1, -0.05) is 30.3 Å². The molecule has 1 aromatic heterocycles. The van der Waals surface area contributed by atoms with Crippen molar-refractivity contribution in [2.45, 2.75) is 6.42 Å². The average molecular weight is 319 g/mol. The molecule has 0 saturated carbocycles. The number of nitrogens with zero attached hydrogens (tertiary/aromatic N) is 1. The van der Waals surface area contributed by atoms with Crippen molar-refractivity contribution in [2.24, 2.45) is 0 Å². The molecule has 0 aliphatic heterocycles. The maximum Gasteiger partial charge on any atom is 0.216 e. The van der Waals surface area contributed by atoms with Crippen LogP contribution in [0.5, 0.6) is 0 Å². The number of allylic oxidation sites excluding steroid dienone is 1. The number of rotatable bonds is 5. The molecule has 0 fully saturated rings. The highest BCUT2D eigenvalue weighted by molar-refractivity contribution is 7.13. The minimum absolute atomic E-state index is 0.624. The lowest BCUT2D eigenvalue weighted by Gasteiger charge is -2.06. The Bertz CT molecular complexity index is 817. The molecule has 0 radical (unpaired) electrons. The van der Waals surface area contributed by atoms with Crippen LogP contribution in [0.25, 0.3) is 10.4 Å². The largest absolute Gasteiger partial charge is 0.618 e. The van der Waals surface area contributed by atoms with Crippen molar-refractivity contribution in [2.75, 3.05) is 0 Å². The van der Waals surface area contributed by atoms with E-state index < -0.39 is 0 Å². The second-order valence-electron chi connectivity index (χ2n) is 5.17. The van der Waals surface area contributed by atoms with E-state index in [-0.39, 0.29) is 0 Å². The molecule has 0 unspecified atom stereocenters. The summed E-state index contributed by atoms with van der Waals surface area (Å²) in [5.74, 6) is 0. The monoisotopic (exact) mass is 319 g/mol. The van der Waals surface area contributed by atoms with Gasteiger partial charge in [0, 0.05) is 22.6 Å². The third-order valence-corrected chi connectivity index (χ3v) is 4.52. The van der Waals surface area contributed by atoms with Crippen LogP contribution in [0.3, 0.4) is 0 Å². The third kappa shape index (κ3) is 3.58. The minimum atomic E-state index is 0.624.